The summed E-state index contributed by atoms with van der Waals surface area (Å²) < 4.78 is 0.153. The van der Waals surface area contributed by atoms with Gasteiger partial charge < -0.3 is 47.2 Å². The number of nitrogens with one attached hydrogen (secondary N) is 4. The molecule has 63 heavy (non-hydrogen) atoms. The van der Waals surface area contributed by atoms with Gasteiger partial charge in [0, 0.05) is 112 Å². The van der Waals surface area contributed by atoms with Crippen molar-refractivity contribution < 1.29 is 19.8 Å². The molecule has 0 unspecified atom stereocenters. The summed E-state index contributed by atoms with van der Waals surface area (Å²) in [6.07, 6.45) is 11.6. The standard InChI is InChI=1S/C50H82N8O3S2/c1-37(48(2,3)4)26-44(35-59)58(34-41-30-43(50(8,9)10)28-39(46(41)61)31-54-20-19-52-11)25-24-57(47(58)63)33-40-29-42(49(5,6)7)27-38(45(40)60)32-55-21-23-56(36-62)22-15-13-12-14-17-53-18-16-51/h12-15,26-30,35,52-55H,16-25,31-34,36,51H2,1-11H3,(H3-,59,60,61,62)/p+1/b14-12+,15-13-,37-26+,44-35-/t58-/m0/s1. The lowest BCUT2D eigenvalue weighted by Crippen LogP contribution is -2.49. The Morgan fingerprint density at radius 2 is 1.41 bits per heavy atom. The molecule has 0 bridgehead atoms. The summed E-state index contributed by atoms with van der Waals surface area (Å²) in [6.45, 7) is 30.8. The lowest BCUT2D eigenvalue weighted by molar-refractivity contribution is -0.804. The minimum Gasteiger partial charge on any atom is -0.509 e. The van der Waals surface area contributed by atoms with E-state index in [1.54, 1.807) is 0 Å². The number of nitrogens with zero attached hydrogens (tertiary/aromatic N) is 3. The van der Waals surface area contributed by atoms with E-state index >= 15 is 0 Å². The van der Waals surface area contributed by atoms with Crippen molar-refractivity contribution in [3.8, 4) is 11.5 Å². The van der Waals surface area contributed by atoms with E-state index < -0.39 is 0 Å². The van der Waals surface area contributed by atoms with Crippen molar-refractivity contribution in [2.75, 3.05) is 78.4 Å². The number of hydrogen-bond acceptors (Lipinski definition) is 11. The van der Waals surface area contributed by atoms with Crippen molar-refractivity contribution in [1.29, 1.82) is 0 Å². The van der Waals surface area contributed by atoms with E-state index in [9.17, 15) is 15.3 Å². The number of hydrogen-bond donors (Lipinski definition) is 9. The van der Waals surface area contributed by atoms with Gasteiger partial charge in [0.25, 0.3) is 5.11 Å². The molecule has 0 spiro atoms. The predicted octanol–water partition coefficient (Wildman–Crippen LogP) is 7.45. The highest BCUT2D eigenvalue weighted by atomic mass is 32.1. The second kappa shape index (κ2) is 24.9. The zero-order valence-electron chi connectivity index (χ0n) is 40.5. The number of rotatable bonds is 24. The van der Waals surface area contributed by atoms with Crippen LogP contribution < -0.4 is 27.0 Å². The maximum atomic E-state index is 12.0. The normalized spacial score (nSPS) is 17.1. The van der Waals surface area contributed by atoms with Crippen LogP contribution in [0, 0.1) is 5.41 Å². The number of allylic oxidation sites excluding steroid dienone is 4. The molecule has 2 aromatic rings. The average Bonchev–Trinajstić information content (AvgIpc) is 3.52. The number of quaternary nitrogens is 1. The Balaban J connectivity index is 1.97. The van der Waals surface area contributed by atoms with Crippen LogP contribution in [0.3, 0.4) is 0 Å². The highest BCUT2D eigenvalue weighted by Gasteiger charge is 2.47. The van der Waals surface area contributed by atoms with Crippen LogP contribution in [0.5, 0.6) is 11.5 Å². The number of phenols is 2. The first kappa shape index (κ1) is 54.1. The highest BCUT2D eigenvalue weighted by molar-refractivity contribution is 7.80. The molecular formula is C50H83N8O3S2+. The third kappa shape index (κ3) is 16.0. The van der Waals surface area contributed by atoms with Crippen molar-refractivity contribution >= 4 is 30.0 Å². The number of nitrogens with two attached hydrogens (primary N) is 1. The molecule has 352 valence electrons. The van der Waals surface area contributed by atoms with Gasteiger partial charge in [-0.2, -0.15) is 12.6 Å². The van der Waals surface area contributed by atoms with Gasteiger partial charge in [0.2, 0.25) is 0 Å². The molecule has 0 aliphatic carbocycles. The number of likely N-dealkylation sites (N-methyl/N-ethyl adjacent to an activating group) is 1. The minimum atomic E-state index is -0.172. The Morgan fingerprint density at radius 3 is 1.97 bits per heavy atom. The largest absolute Gasteiger partial charge is 0.509 e. The Labute approximate surface area is 392 Å². The highest BCUT2D eigenvalue weighted by Crippen LogP contribution is 2.40. The van der Waals surface area contributed by atoms with Gasteiger partial charge in [-0.25, -0.2) is 4.48 Å². The molecule has 1 aliphatic heterocycles. The van der Waals surface area contributed by atoms with E-state index in [1.807, 2.05) is 13.1 Å². The average molecular weight is 908 g/mol. The summed E-state index contributed by atoms with van der Waals surface area (Å²) in [7, 11) is 1.93. The Bertz CT molecular complexity index is 1910. The fourth-order valence-corrected chi connectivity index (χ4v) is 7.99. The van der Waals surface area contributed by atoms with E-state index in [0.717, 1.165) is 84.8 Å². The number of aromatic hydroxyl groups is 2. The lowest BCUT2D eigenvalue weighted by Gasteiger charge is -2.35. The van der Waals surface area contributed by atoms with E-state index in [-0.39, 0.29) is 32.2 Å². The molecule has 13 heteroatoms. The second-order valence-corrected chi connectivity index (χ2v) is 20.6. The van der Waals surface area contributed by atoms with Gasteiger partial charge in [-0.05, 0) is 53.5 Å². The van der Waals surface area contributed by atoms with E-state index in [2.05, 4.69) is 162 Å². The van der Waals surface area contributed by atoms with Crippen LogP contribution in [-0.4, -0.2) is 113 Å². The van der Waals surface area contributed by atoms with Crippen LogP contribution in [-0.2, 0) is 37.0 Å². The maximum absolute atomic E-state index is 12.0. The quantitative estimate of drug-likeness (QED) is 0.00988. The van der Waals surface area contributed by atoms with Crippen LogP contribution in [0.4, 0.5) is 0 Å². The zero-order chi connectivity index (χ0) is 47.0. The van der Waals surface area contributed by atoms with Crippen molar-refractivity contribution in [3.63, 3.8) is 0 Å². The number of benzene rings is 2. The van der Waals surface area contributed by atoms with Gasteiger partial charge in [-0.1, -0.05) is 104 Å². The summed E-state index contributed by atoms with van der Waals surface area (Å²) >= 11 is 11.1. The molecule has 1 heterocycles. The number of thiocarbonyl (C=S) groups is 1. The minimum absolute atomic E-state index is 0.147. The van der Waals surface area contributed by atoms with Crippen molar-refractivity contribution in [2.24, 2.45) is 11.1 Å². The van der Waals surface area contributed by atoms with Crippen LogP contribution in [0.1, 0.15) is 103 Å². The number of phenolic OH excluding ortho intramolecular Hbond substituents is 2. The fraction of sp³-hybridized carbons (Fsp3) is 0.580. The van der Waals surface area contributed by atoms with Gasteiger partial charge in [0.15, 0.2) is 5.70 Å². The molecule has 11 nitrogen and oxygen atoms in total. The third-order valence-electron chi connectivity index (χ3n) is 11.9. The first-order valence-corrected chi connectivity index (χ1v) is 23.7. The summed E-state index contributed by atoms with van der Waals surface area (Å²) in [5.74, 6) is 1.14. The second-order valence-electron chi connectivity index (χ2n) is 20.0. The molecule has 0 saturated carbocycles. The SMILES string of the molecule is CNCCNCc1cc(C(C)(C)C)cc(C[N@+]2(C(=C\O)/C=C(\C)C(C)(C)C)CCN(Cc3cc(C(C)(C)C)cc(CNCCN(CS)C/C=C\C=C\CNCCN)c3O)C2=S)c1O. The maximum Gasteiger partial charge on any atom is 0.278 e. The van der Waals surface area contributed by atoms with Crippen LogP contribution in [0.2, 0.25) is 0 Å². The van der Waals surface area contributed by atoms with Crippen molar-refractivity contribution in [1.82, 2.24) is 31.1 Å². The fourth-order valence-electron chi connectivity index (χ4n) is 7.32. The van der Waals surface area contributed by atoms with Gasteiger partial charge in [0.1, 0.15) is 30.9 Å². The molecule has 1 aliphatic rings. The molecular weight excluding hydrogens is 825 g/mol. The van der Waals surface area contributed by atoms with Crippen LogP contribution in [0.25, 0.3) is 0 Å². The van der Waals surface area contributed by atoms with Crippen molar-refractivity contribution in [2.45, 2.75) is 106 Å². The molecule has 2 aromatic carbocycles. The van der Waals surface area contributed by atoms with E-state index in [1.165, 1.54) is 6.26 Å². The molecule has 1 fully saturated rings. The van der Waals surface area contributed by atoms with Crippen LogP contribution in [0.15, 0.2) is 72.2 Å². The molecule has 1 atom stereocenters. The van der Waals surface area contributed by atoms with E-state index in [0.29, 0.717) is 62.5 Å². The summed E-state index contributed by atoms with van der Waals surface area (Å²) in [5.41, 5.74) is 12.3. The van der Waals surface area contributed by atoms with E-state index in [4.69, 9.17) is 18.0 Å². The molecule has 0 radical (unpaired) electrons. The Hall–Kier alpha value is -3.24. The number of aliphatic hydroxyl groups excluding tert-OH is 1. The lowest BCUT2D eigenvalue weighted by atomic mass is 9.84. The Morgan fingerprint density at radius 1 is 0.841 bits per heavy atom. The van der Waals surface area contributed by atoms with Gasteiger partial charge >= 0.3 is 0 Å². The van der Waals surface area contributed by atoms with Gasteiger partial charge in [-0.15, -0.1) is 0 Å². The van der Waals surface area contributed by atoms with Crippen molar-refractivity contribution in [3.05, 3.63) is 106 Å². The van der Waals surface area contributed by atoms with Crippen LogP contribution >= 0.6 is 24.8 Å². The van der Waals surface area contributed by atoms with Gasteiger partial charge in [-0.3, -0.25) is 4.90 Å². The summed E-state index contributed by atoms with van der Waals surface area (Å²) in [4.78, 5) is 4.41. The smallest absolute Gasteiger partial charge is 0.278 e. The third-order valence-corrected chi connectivity index (χ3v) is 13.0. The molecule has 0 aromatic heterocycles. The molecule has 3 rings (SSSR count). The molecule has 0 amide bonds. The number of thiol groups is 1. The predicted molar refractivity (Wildman–Crippen MR) is 272 cm³/mol. The number of aliphatic hydroxyl groups is 1. The molecule has 1 saturated heterocycles. The monoisotopic (exact) mass is 908 g/mol. The zero-order valence-corrected chi connectivity index (χ0v) is 42.2. The summed E-state index contributed by atoms with van der Waals surface area (Å²) in [5, 5.41) is 49.2. The summed E-state index contributed by atoms with van der Waals surface area (Å²) in [6, 6.07) is 8.45. The first-order chi connectivity index (χ1) is 29.6. The topological polar surface area (TPSA) is 141 Å². The Kier molecular flexibility index (Phi) is 21.4. The molecule has 9 N–H and O–H groups in total. The van der Waals surface area contributed by atoms with Gasteiger partial charge in [0.05, 0.1) is 13.1 Å². The first-order valence-electron chi connectivity index (χ1n) is 22.6.